The van der Waals surface area contributed by atoms with Crippen LogP contribution in [0.2, 0.25) is 0 Å². The second-order valence-corrected chi connectivity index (χ2v) is 5.45. The summed E-state index contributed by atoms with van der Waals surface area (Å²) in [6.45, 7) is 2.02. The van der Waals surface area contributed by atoms with Crippen molar-refractivity contribution in [2.45, 2.75) is 44.7 Å². The number of hydrogen-bond donors (Lipinski definition) is 0. The van der Waals surface area contributed by atoms with Gasteiger partial charge in [-0.05, 0) is 32.9 Å². The Bertz CT molecular complexity index is 466. The van der Waals surface area contributed by atoms with Crippen LogP contribution in [0.1, 0.15) is 44.2 Å². The third-order valence-corrected chi connectivity index (χ3v) is 4.38. The molecule has 1 fully saturated rings. The Morgan fingerprint density at radius 1 is 1.32 bits per heavy atom. The lowest BCUT2D eigenvalue weighted by Gasteiger charge is -2.38. The highest BCUT2D eigenvalue weighted by atomic mass is 19.1. The summed E-state index contributed by atoms with van der Waals surface area (Å²) in [7, 11) is 2.01. The maximum absolute atomic E-state index is 13.9. The number of hydrogen-bond acceptors (Lipinski definition) is 2. The molecule has 3 heteroatoms. The van der Waals surface area contributed by atoms with Crippen molar-refractivity contribution in [2.24, 2.45) is 5.92 Å². The molecule has 2 nitrogen and oxygen atoms in total. The molecule has 0 bridgehead atoms. The van der Waals surface area contributed by atoms with E-state index in [1.54, 1.807) is 6.07 Å². The maximum atomic E-state index is 13.9. The summed E-state index contributed by atoms with van der Waals surface area (Å²) in [6.07, 6.45) is 4.30. The van der Waals surface area contributed by atoms with Crippen molar-refractivity contribution in [1.82, 2.24) is 4.90 Å². The van der Waals surface area contributed by atoms with Gasteiger partial charge in [-0.15, -0.1) is 0 Å². The van der Waals surface area contributed by atoms with E-state index >= 15 is 0 Å². The third kappa shape index (κ3) is 2.96. The largest absolute Gasteiger partial charge is 0.295 e. The Balaban J connectivity index is 2.16. The van der Waals surface area contributed by atoms with E-state index in [0.29, 0.717) is 5.56 Å². The number of benzene rings is 1. The molecule has 19 heavy (non-hydrogen) atoms. The van der Waals surface area contributed by atoms with Gasteiger partial charge in [0.15, 0.2) is 0 Å². The molecule has 1 aliphatic carbocycles. The van der Waals surface area contributed by atoms with E-state index in [4.69, 9.17) is 0 Å². The molecular weight excluding hydrogens is 239 g/mol. The Kier molecular flexibility index (Phi) is 4.55. The van der Waals surface area contributed by atoms with Gasteiger partial charge in [0, 0.05) is 17.6 Å². The van der Waals surface area contributed by atoms with Crippen molar-refractivity contribution >= 4 is 0 Å². The van der Waals surface area contributed by atoms with Crippen LogP contribution in [0.25, 0.3) is 0 Å². The summed E-state index contributed by atoms with van der Waals surface area (Å²) in [5.41, 5.74) is 0.715. The maximum Gasteiger partial charge on any atom is 0.127 e. The topological polar surface area (TPSA) is 27.0 Å². The number of rotatable bonds is 3. The van der Waals surface area contributed by atoms with Crippen molar-refractivity contribution in [1.29, 1.82) is 5.26 Å². The van der Waals surface area contributed by atoms with Gasteiger partial charge in [-0.3, -0.25) is 4.90 Å². The van der Waals surface area contributed by atoms with Crippen LogP contribution in [0.3, 0.4) is 0 Å². The second kappa shape index (κ2) is 6.16. The van der Waals surface area contributed by atoms with Gasteiger partial charge < -0.3 is 0 Å². The first kappa shape index (κ1) is 14.0. The number of nitrogens with zero attached hydrogens (tertiary/aromatic N) is 2. The van der Waals surface area contributed by atoms with E-state index in [9.17, 15) is 9.65 Å². The lowest BCUT2D eigenvalue weighted by Crippen LogP contribution is -2.41. The van der Waals surface area contributed by atoms with Crippen molar-refractivity contribution in [2.75, 3.05) is 7.05 Å². The van der Waals surface area contributed by atoms with Crippen LogP contribution < -0.4 is 0 Å². The molecule has 102 valence electrons. The minimum Gasteiger partial charge on any atom is -0.295 e. The van der Waals surface area contributed by atoms with E-state index in [2.05, 4.69) is 11.0 Å². The molecule has 1 aromatic carbocycles. The highest BCUT2D eigenvalue weighted by molar-refractivity contribution is 5.21. The fourth-order valence-corrected chi connectivity index (χ4v) is 3.07. The zero-order valence-electron chi connectivity index (χ0n) is 11.6. The molecule has 2 rings (SSSR count). The molecule has 0 heterocycles. The van der Waals surface area contributed by atoms with Crippen molar-refractivity contribution < 1.29 is 4.39 Å². The molecule has 0 aromatic heterocycles. The first-order valence-corrected chi connectivity index (χ1v) is 7.01. The molecule has 0 N–H and O–H groups in total. The van der Waals surface area contributed by atoms with Gasteiger partial charge in [0.05, 0.1) is 12.0 Å². The zero-order valence-corrected chi connectivity index (χ0v) is 11.6. The summed E-state index contributed by atoms with van der Waals surface area (Å²) in [4.78, 5) is 2.17. The quantitative estimate of drug-likeness (QED) is 0.824. The molecular formula is C16H21FN2. The molecule has 3 unspecified atom stereocenters. The fourth-order valence-electron chi connectivity index (χ4n) is 3.07. The van der Waals surface area contributed by atoms with Gasteiger partial charge in [-0.1, -0.05) is 31.0 Å². The first-order valence-electron chi connectivity index (χ1n) is 7.01. The smallest absolute Gasteiger partial charge is 0.127 e. The van der Waals surface area contributed by atoms with Crippen LogP contribution in [0.5, 0.6) is 0 Å². The minimum atomic E-state index is -0.161. The highest BCUT2D eigenvalue weighted by Crippen LogP contribution is 2.32. The normalized spacial score (nSPS) is 25.0. The third-order valence-electron chi connectivity index (χ3n) is 4.38. The molecule has 1 aliphatic rings. The highest BCUT2D eigenvalue weighted by Gasteiger charge is 2.31. The molecule has 0 amide bonds. The molecule has 0 aliphatic heterocycles. The monoisotopic (exact) mass is 260 g/mol. The van der Waals surface area contributed by atoms with Crippen molar-refractivity contribution in [3.63, 3.8) is 0 Å². The Morgan fingerprint density at radius 2 is 2.00 bits per heavy atom. The number of halogens is 1. The van der Waals surface area contributed by atoms with Crippen LogP contribution >= 0.6 is 0 Å². The van der Waals surface area contributed by atoms with Crippen LogP contribution in [0, 0.1) is 23.1 Å². The van der Waals surface area contributed by atoms with E-state index in [-0.39, 0.29) is 23.8 Å². The lowest BCUT2D eigenvalue weighted by molar-refractivity contribution is 0.116. The van der Waals surface area contributed by atoms with Crippen molar-refractivity contribution in [3.05, 3.63) is 35.6 Å². The predicted molar refractivity (Wildman–Crippen MR) is 73.9 cm³/mol. The van der Waals surface area contributed by atoms with E-state index in [1.165, 1.54) is 6.07 Å². The van der Waals surface area contributed by atoms with Gasteiger partial charge in [-0.2, -0.15) is 5.26 Å². The molecule has 1 aromatic rings. The molecule has 3 atom stereocenters. The SMILES string of the molecule is CC(c1ccccc1F)N(C)C1CCCCC1C#N. The summed E-state index contributed by atoms with van der Waals surface area (Å²) >= 11 is 0. The summed E-state index contributed by atoms with van der Waals surface area (Å²) < 4.78 is 13.9. The Morgan fingerprint density at radius 3 is 2.68 bits per heavy atom. The Labute approximate surface area is 114 Å². The lowest BCUT2D eigenvalue weighted by atomic mass is 9.84. The molecule has 0 radical (unpaired) electrons. The average Bonchev–Trinajstić information content (AvgIpc) is 2.46. The Hall–Kier alpha value is -1.40. The molecule has 0 saturated heterocycles. The van der Waals surface area contributed by atoms with Gasteiger partial charge in [-0.25, -0.2) is 4.39 Å². The van der Waals surface area contributed by atoms with Crippen LogP contribution in [-0.2, 0) is 0 Å². The van der Waals surface area contributed by atoms with E-state index in [1.807, 2.05) is 26.1 Å². The standard InChI is InChI=1S/C16H21FN2/c1-12(14-8-4-5-9-15(14)17)19(2)16-10-6-3-7-13(16)11-18/h4-5,8-9,12-13,16H,3,6-7,10H2,1-2H3. The summed E-state index contributed by atoms with van der Waals surface area (Å²) in [6, 6.07) is 9.58. The summed E-state index contributed by atoms with van der Waals surface area (Å²) in [5.74, 6) is -0.0841. The first-order chi connectivity index (χ1) is 9.15. The van der Waals surface area contributed by atoms with E-state index < -0.39 is 0 Å². The minimum absolute atomic E-state index is 0.000139. The van der Waals surface area contributed by atoms with Gasteiger partial charge >= 0.3 is 0 Å². The molecule has 1 saturated carbocycles. The van der Waals surface area contributed by atoms with Crippen LogP contribution in [-0.4, -0.2) is 18.0 Å². The van der Waals surface area contributed by atoms with Crippen molar-refractivity contribution in [3.8, 4) is 6.07 Å². The zero-order chi connectivity index (χ0) is 13.8. The van der Waals surface area contributed by atoms with Gasteiger partial charge in [0.2, 0.25) is 0 Å². The number of nitriles is 1. The predicted octanol–water partition coefficient (Wildman–Crippen LogP) is 3.90. The van der Waals surface area contributed by atoms with Gasteiger partial charge in [0.1, 0.15) is 5.82 Å². The molecule has 0 spiro atoms. The average molecular weight is 260 g/mol. The second-order valence-electron chi connectivity index (χ2n) is 5.45. The summed E-state index contributed by atoms with van der Waals surface area (Å²) in [5, 5.41) is 9.27. The van der Waals surface area contributed by atoms with Crippen LogP contribution in [0.4, 0.5) is 4.39 Å². The van der Waals surface area contributed by atoms with Crippen LogP contribution in [0.15, 0.2) is 24.3 Å². The van der Waals surface area contributed by atoms with Gasteiger partial charge in [0.25, 0.3) is 0 Å². The van der Waals surface area contributed by atoms with E-state index in [0.717, 1.165) is 25.7 Å². The fraction of sp³-hybridized carbons (Fsp3) is 0.562.